The first-order chi connectivity index (χ1) is 10.3. The van der Waals surface area contributed by atoms with Gasteiger partial charge in [0, 0.05) is 31.6 Å². The fourth-order valence-electron chi connectivity index (χ4n) is 3.54. The van der Waals surface area contributed by atoms with E-state index >= 15 is 0 Å². The third kappa shape index (κ3) is 3.27. The Kier molecular flexibility index (Phi) is 5.12. The maximum Gasteiger partial charge on any atom is 0.313 e. The maximum absolute atomic E-state index is 12.6. The zero-order chi connectivity index (χ0) is 16.5. The number of carbonyl (C=O) groups is 2. The standard InChI is InChI=1S/C16H28N2O4/c1-11(2)5-18(12(3)4)14(19)7-17-6-13-8-22-10-16(13,9-17)15(20)21/h11-13H,5-10H2,1-4H3,(H,20,21)/t13-,16-/m1/s1. The molecule has 1 N–H and O–H groups in total. The first-order valence-electron chi connectivity index (χ1n) is 8.09. The number of carboxylic acid groups (broad SMARTS) is 1. The van der Waals surface area contributed by atoms with Crippen LogP contribution >= 0.6 is 0 Å². The van der Waals surface area contributed by atoms with Crippen LogP contribution in [0.4, 0.5) is 0 Å². The van der Waals surface area contributed by atoms with E-state index in [1.54, 1.807) is 0 Å². The Balaban J connectivity index is 2.00. The molecule has 6 nitrogen and oxygen atoms in total. The Bertz CT molecular complexity index is 438. The molecule has 2 saturated heterocycles. The van der Waals surface area contributed by atoms with Gasteiger partial charge < -0.3 is 14.7 Å². The third-order valence-corrected chi connectivity index (χ3v) is 4.73. The number of fused-ring (bicyclic) bond motifs is 1. The first kappa shape index (κ1) is 17.2. The summed E-state index contributed by atoms with van der Waals surface area (Å²) in [5.41, 5.74) is -0.818. The normalized spacial score (nSPS) is 28.4. The van der Waals surface area contributed by atoms with Crippen LogP contribution in [0.3, 0.4) is 0 Å². The number of rotatable bonds is 6. The second kappa shape index (κ2) is 6.54. The number of hydrogen-bond donors (Lipinski definition) is 1. The summed E-state index contributed by atoms with van der Waals surface area (Å²) in [5, 5.41) is 9.54. The van der Waals surface area contributed by atoms with Gasteiger partial charge in [0.2, 0.25) is 5.91 Å². The minimum atomic E-state index is -0.818. The largest absolute Gasteiger partial charge is 0.481 e. The molecule has 2 heterocycles. The number of amides is 1. The summed E-state index contributed by atoms with van der Waals surface area (Å²) in [7, 11) is 0. The smallest absolute Gasteiger partial charge is 0.313 e. The topological polar surface area (TPSA) is 70.1 Å². The van der Waals surface area contributed by atoms with Crippen molar-refractivity contribution in [1.29, 1.82) is 0 Å². The highest BCUT2D eigenvalue weighted by Crippen LogP contribution is 2.41. The van der Waals surface area contributed by atoms with Gasteiger partial charge >= 0.3 is 5.97 Å². The van der Waals surface area contributed by atoms with Crippen LogP contribution in [0, 0.1) is 17.3 Å². The van der Waals surface area contributed by atoms with Crippen LogP contribution in [-0.4, -0.2) is 72.2 Å². The Morgan fingerprint density at radius 1 is 1.36 bits per heavy atom. The van der Waals surface area contributed by atoms with Crippen LogP contribution < -0.4 is 0 Å². The molecule has 0 aliphatic carbocycles. The number of carbonyl (C=O) groups excluding carboxylic acids is 1. The highest BCUT2D eigenvalue weighted by atomic mass is 16.5. The quantitative estimate of drug-likeness (QED) is 0.789. The molecule has 0 unspecified atom stereocenters. The zero-order valence-electron chi connectivity index (χ0n) is 14.0. The summed E-state index contributed by atoms with van der Waals surface area (Å²) in [6.45, 7) is 11.1. The van der Waals surface area contributed by atoms with Gasteiger partial charge in [0.15, 0.2) is 0 Å². The summed E-state index contributed by atoms with van der Waals surface area (Å²) in [6, 6.07) is 0.161. The Hall–Kier alpha value is -1.14. The molecule has 0 spiro atoms. The predicted molar refractivity (Wildman–Crippen MR) is 82.5 cm³/mol. The minimum Gasteiger partial charge on any atom is -0.481 e. The van der Waals surface area contributed by atoms with Crippen molar-refractivity contribution in [3.05, 3.63) is 0 Å². The van der Waals surface area contributed by atoms with Crippen molar-refractivity contribution in [2.75, 3.05) is 39.4 Å². The van der Waals surface area contributed by atoms with Crippen molar-refractivity contribution in [2.45, 2.75) is 33.7 Å². The van der Waals surface area contributed by atoms with Gasteiger partial charge in [-0.25, -0.2) is 0 Å². The zero-order valence-corrected chi connectivity index (χ0v) is 14.0. The Morgan fingerprint density at radius 2 is 2.05 bits per heavy atom. The lowest BCUT2D eigenvalue weighted by Crippen LogP contribution is -2.46. The number of carboxylic acids is 1. The monoisotopic (exact) mass is 312 g/mol. The molecule has 1 amide bonds. The summed E-state index contributed by atoms with van der Waals surface area (Å²) in [5.74, 6) is -0.295. The molecule has 0 radical (unpaired) electrons. The SMILES string of the molecule is CC(C)CN(C(=O)CN1C[C@@H]2COC[C@]2(C(=O)O)C1)C(C)C. The molecule has 0 aromatic heterocycles. The second-order valence-corrected chi connectivity index (χ2v) is 7.38. The van der Waals surface area contributed by atoms with E-state index in [4.69, 9.17) is 4.74 Å². The van der Waals surface area contributed by atoms with Crippen molar-refractivity contribution < 1.29 is 19.4 Å². The number of nitrogens with zero attached hydrogens (tertiary/aromatic N) is 2. The van der Waals surface area contributed by atoms with E-state index in [0.717, 1.165) is 6.54 Å². The summed E-state index contributed by atoms with van der Waals surface area (Å²) < 4.78 is 5.36. The van der Waals surface area contributed by atoms with E-state index < -0.39 is 11.4 Å². The van der Waals surface area contributed by atoms with E-state index in [2.05, 4.69) is 13.8 Å². The van der Waals surface area contributed by atoms with E-state index in [1.165, 1.54) is 0 Å². The van der Waals surface area contributed by atoms with Crippen molar-refractivity contribution in [3.63, 3.8) is 0 Å². The molecule has 2 rings (SSSR count). The van der Waals surface area contributed by atoms with Gasteiger partial charge in [0.05, 0.1) is 19.8 Å². The molecule has 22 heavy (non-hydrogen) atoms. The van der Waals surface area contributed by atoms with Crippen LogP contribution in [0.25, 0.3) is 0 Å². The van der Waals surface area contributed by atoms with Crippen LogP contribution in [0.1, 0.15) is 27.7 Å². The first-order valence-corrected chi connectivity index (χ1v) is 8.09. The highest BCUT2D eigenvalue weighted by molar-refractivity contribution is 5.80. The summed E-state index contributed by atoms with van der Waals surface area (Å²) in [6.07, 6.45) is 0. The molecule has 0 saturated carbocycles. The minimum absolute atomic E-state index is 0.00426. The maximum atomic E-state index is 12.6. The molecular formula is C16H28N2O4. The third-order valence-electron chi connectivity index (χ3n) is 4.73. The van der Waals surface area contributed by atoms with Crippen molar-refractivity contribution in [2.24, 2.45) is 17.3 Å². The highest BCUT2D eigenvalue weighted by Gasteiger charge is 2.56. The molecular weight excluding hydrogens is 284 g/mol. The fourth-order valence-corrected chi connectivity index (χ4v) is 3.54. The molecule has 2 aliphatic heterocycles. The Morgan fingerprint density at radius 3 is 2.55 bits per heavy atom. The van der Waals surface area contributed by atoms with Crippen molar-refractivity contribution in [1.82, 2.24) is 9.80 Å². The van der Waals surface area contributed by atoms with Gasteiger partial charge in [-0.15, -0.1) is 0 Å². The number of aliphatic carboxylic acids is 1. The molecule has 0 aromatic carbocycles. The van der Waals surface area contributed by atoms with Gasteiger partial charge in [-0.3, -0.25) is 14.5 Å². The van der Waals surface area contributed by atoms with Crippen LogP contribution in [0.2, 0.25) is 0 Å². The van der Waals surface area contributed by atoms with Crippen molar-refractivity contribution >= 4 is 11.9 Å². The van der Waals surface area contributed by atoms with Gasteiger partial charge in [-0.1, -0.05) is 13.8 Å². The van der Waals surface area contributed by atoms with Gasteiger partial charge in [-0.2, -0.15) is 0 Å². The number of likely N-dealkylation sites (tertiary alicyclic amines) is 1. The van der Waals surface area contributed by atoms with Crippen LogP contribution in [0.15, 0.2) is 0 Å². The molecule has 126 valence electrons. The fraction of sp³-hybridized carbons (Fsp3) is 0.875. The molecule has 2 aliphatic rings. The van der Waals surface area contributed by atoms with Crippen LogP contribution in [-0.2, 0) is 14.3 Å². The van der Waals surface area contributed by atoms with E-state index in [9.17, 15) is 14.7 Å². The van der Waals surface area contributed by atoms with Crippen molar-refractivity contribution in [3.8, 4) is 0 Å². The van der Waals surface area contributed by atoms with Gasteiger partial charge in [0.1, 0.15) is 5.41 Å². The number of hydrogen-bond acceptors (Lipinski definition) is 4. The predicted octanol–water partition coefficient (Wildman–Crippen LogP) is 0.912. The molecule has 2 atom stereocenters. The lowest BCUT2D eigenvalue weighted by molar-refractivity contribution is -0.150. The summed E-state index contributed by atoms with van der Waals surface area (Å²) >= 11 is 0. The molecule has 0 aromatic rings. The average molecular weight is 312 g/mol. The molecule has 0 bridgehead atoms. The lowest BCUT2D eigenvalue weighted by atomic mass is 9.81. The van der Waals surface area contributed by atoms with E-state index in [1.807, 2.05) is 23.6 Å². The van der Waals surface area contributed by atoms with Gasteiger partial charge in [-0.05, 0) is 19.8 Å². The molecule has 2 fully saturated rings. The van der Waals surface area contributed by atoms with Crippen LogP contribution in [0.5, 0.6) is 0 Å². The molecule has 6 heteroatoms. The number of ether oxygens (including phenoxy) is 1. The van der Waals surface area contributed by atoms with Gasteiger partial charge in [0.25, 0.3) is 0 Å². The summed E-state index contributed by atoms with van der Waals surface area (Å²) in [4.78, 5) is 28.1. The van der Waals surface area contributed by atoms with E-state index in [0.29, 0.717) is 32.2 Å². The lowest BCUT2D eigenvalue weighted by Gasteiger charge is -2.30. The second-order valence-electron chi connectivity index (χ2n) is 7.38. The van der Waals surface area contributed by atoms with E-state index in [-0.39, 0.29) is 24.5 Å². The Labute approximate surface area is 132 Å². The average Bonchev–Trinajstić information content (AvgIpc) is 2.92.